The SMILES string of the molecule is C[NH+](C)CC(=O)[O-].C[NH+](C)CC(=O)[O-].[Br-].[Li+]. The predicted molar refractivity (Wildman–Crippen MR) is 45.4 cm³/mol. The molecule has 0 fully saturated rings. The number of likely N-dealkylation sites (N-methyl/N-ethyl adjacent to an activating group) is 2. The van der Waals surface area contributed by atoms with Crippen LogP contribution in [0.4, 0.5) is 0 Å². The summed E-state index contributed by atoms with van der Waals surface area (Å²) in [7, 11) is 7.04. The van der Waals surface area contributed by atoms with Gasteiger partial charge in [0.05, 0.1) is 40.1 Å². The monoisotopic (exact) mass is 292 g/mol. The van der Waals surface area contributed by atoms with Crippen molar-refractivity contribution in [3.63, 3.8) is 0 Å². The third kappa shape index (κ3) is 37.0. The van der Waals surface area contributed by atoms with Crippen molar-refractivity contribution in [3.05, 3.63) is 0 Å². The second-order valence-corrected chi connectivity index (χ2v) is 3.51. The minimum absolute atomic E-state index is 0. The Balaban J connectivity index is -0.0000000800. The second kappa shape index (κ2) is 14.9. The van der Waals surface area contributed by atoms with Crippen LogP contribution in [0.1, 0.15) is 0 Å². The summed E-state index contributed by atoms with van der Waals surface area (Å²) in [6.07, 6.45) is 0. The molecule has 0 radical (unpaired) electrons. The van der Waals surface area contributed by atoms with Crippen LogP contribution in [0.25, 0.3) is 0 Å². The van der Waals surface area contributed by atoms with E-state index >= 15 is 0 Å². The molecule has 16 heavy (non-hydrogen) atoms. The molecule has 2 N–H and O–H groups in total. The van der Waals surface area contributed by atoms with E-state index in [0.717, 1.165) is 9.80 Å². The molecule has 0 heterocycles. The summed E-state index contributed by atoms with van der Waals surface area (Å²) in [5, 5.41) is 19.4. The first-order valence-corrected chi connectivity index (χ1v) is 4.23. The smallest absolute Gasteiger partial charge is 1.00 e. The zero-order valence-electron chi connectivity index (χ0n) is 10.4. The molecule has 8 heteroatoms. The summed E-state index contributed by atoms with van der Waals surface area (Å²) in [6, 6.07) is 0. The molecule has 0 atom stereocenters. The third-order valence-electron chi connectivity index (χ3n) is 0.996. The summed E-state index contributed by atoms with van der Waals surface area (Å²) < 4.78 is 0. The minimum Gasteiger partial charge on any atom is -1.00 e. The van der Waals surface area contributed by atoms with E-state index in [-0.39, 0.29) is 48.9 Å². The van der Waals surface area contributed by atoms with E-state index in [9.17, 15) is 19.8 Å². The Morgan fingerprint density at radius 1 is 0.875 bits per heavy atom. The Morgan fingerprint density at radius 3 is 1.06 bits per heavy atom. The first-order valence-electron chi connectivity index (χ1n) is 4.23. The fraction of sp³-hybridized carbons (Fsp3) is 0.750. The normalized spacial score (nSPS) is 8.38. The van der Waals surface area contributed by atoms with Gasteiger partial charge in [0.2, 0.25) is 0 Å². The van der Waals surface area contributed by atoms with Crippen molar-refractivity contribution in [3.8, 4) is 0 Å². The van der Waals surface area contributed by atoms with Gasteiger partial charge in [-0.2, -0.15) is 0 Å². The zero-order chi connectivity index (χ0) is 11.7. The van der Waals surface area contributed by atoms with Crippen LogP contribution >= 0.6 is 0 Å². The topological polar surface area (TPSA) is 89.1 Å². The molecule has 0 bridgehead atoms. The maximum absolute atomic E-state index is 9.68. The van der Waals surface area contributed by atoms with Crippen molar-refractivity contribution in [1.82, 2.24) is 0 Å². The largest absolute Gasteiger partial charge is 1.00 e. The molecule has 0 saturated carbocycles. The summed E-state index contributed by atoms with van der Waals surface area (Å²) in [5.74, 6) is -2.00. The average molecular weight is 293 g/mol. The first-order chi connectivity index (χ1) is 6.25. The summed E-state index contributed by atoms with van der Waals surface area (Å²) >= 11 is 0. The predicted octanol–water partition coefficient (Wildman–Crippen LogP) is -12.2. The van der Waals surface area contributed by atoms with Gasteiger partial charge in [-0.3, -0.25) is 0 Å². The molecule has 0 spiro atoms. The number of carboxylic acid groups (broad SMARTS) is 2. The van der Waals surface area contributed by atoms with E-state index in [1.165, 1.54) is 0 Å². The second-order valence-electron chi connectivity index (χ2n) is 3.51. The van der Waals surface area contributed by atoms with Gasteiger partial charge in [-0.1, -0.05) is 0 Å². The van der Waals surface area contributed by atoms with Crippen LogP contribution in [0.2, 0.25) is 0 Å². The van der Waals surface area contributed by atoms with E-state index in [1.54, 1.807) is 28.2 Å². The van der Waals surface area contributed by atoms with Crippen LogP contribution in [-0.4, -0.2) is 53.2 Å². The Kier molecular flexibility index (Phi) is 23.3. The summed E-state index contributed by atoms with van der Waals surface area (Å²) in [4.78, 5) is 21.1. The van der Waals surface area contributed by atoms with E-state index in [4.69, 9.17) is 0 Å². The number of carbonyl (C=O) groups excluding carboxylic acids is 2. The van der Waals surface area contributed by atoms with Gasteiger partial charge in [0.15, 0.2) is 0 Å². The van der Waals surface area contributed by atoms with Crippen LogP contribution < -0.4 is 55.9 Å². The fourth-order valence-corrected chi connectivity index (χ4v) is 0.577. The summed E-state index contributed by atoms with van der Waals surface area (Å²) in [5.41, 5.74) is 0. The molecule has 0 amide bonds. The molecule has 0 aliphatic carbocycles. The van der Waals surface area contributed by atoms with Gasteiger partial charge in [-0.25, -0.2) is 0 Å². The number of quaternary nitrogens is 2. The molecule has 0 aromatic rings. The molecular weight excluding hydrogens is 275 g/mol. The maximum Gasteiger partial charge on any atom is 1.00 e. The van der Waals surface area contributed by atoms with Gasteiger partial charge >= 0.3 is 18.9 Å². The Labute approximate surface area is 119 Å². The first kappa shape index (κ1) is 25.0. The van der Waals surface area contributed by atoms with Crippen LogP contribution in [0.3, 0.4) is 0 Å². The molecular formula is C8H18BrLiN2O4. The van der Waals surface area contributed by atoms with Gasteiger partial charge in [0.25, 0.3) is 0 Å². The van der Waals surface area contributed by atoms with E-state index < -0.39 is 11.9 Å². The molecule has 0 rings (SSSR count). The molecule has 6 nitrogen and oxygen atoms in total. The Morgan fingerprint density at radius 2 is 1.06 bits per heavy atom. The van der Waals surface area contributed by atoms with Crippen molar-refractivity contribution in [1.29, 1.82) is 0 Å². The van der Waals surface area contributed by atoms with Gasteiger partial charge in [0.1, 0.15) is 13.1 Å². The zero-order valence-corrected chi connectivity index (χ0v) is 12.0. The average Bonchev–Trinajstić information content (AvgIpc) is 1.79. The number of aliphatic carboxylic acids is 2. The van der Waals surface area contributed by atoms with Crippen LogP contribution in [-0.2, 0) is 9.59 Å². The van der Waals surface area contributed by atoms with Crippen LogP contribution in [0, 0.1) is 0 Å². The molecule has 92 valence electrons. The Bertz CT molecular complexity index is 171. The number of carboxylic acids is 2. The minimum atomic E-state index is -1.000. The van der Waals surface area contributed by atoms with Gasteiger partial charge < -0.3 is 46.6 Å². The van der Waals surface area contributed by atoms with Gasteiger partial charge in [-0.15, -0.1) is 0 Å². The maximum atomic E-state index is 9.68. The van der Waals surface area contributed by atoms with Crippen molar-refractivity contribution in [2.45, 2.75) is 0 Å². The number of halogens is 1. The fourth-order valence-electron chi connectivity index (χ4n) is 0.577. The van der Waals surface area contributed by atoms with E-state index in [2.05, 4.69) is 0 Å². The molecule has 0 aliphatic heterocycles. The molecule has 0 unspecified atom stereocenters. The Hall–Kier alpha value is -0.0626. The number of hydrogen-bond donors (Lipinski definition) is 2. The van der Waals surface area contributed by atoms with Gasteiger partial charge in [0, 0.05) is 0 Å². The third-order valence-corrected chi connectivity index (χ3v) is 0.996. The van der Waals surface area contributed by atoms with Crippen LogP contribution in [0.15, 0.2) is 0 Å². The number of carbonyl (C=O) groups is 2. The van der Waals surface area contributed by atoms with Crippen molar-refractivity contribution < 1.29 is 65.4 Å². The standard InChI is InChI=1S/2C4H9NO2.BrH.Li/c2*1-5(2)3-4(6)7;;/h2*3H2,1-2H3,(H,6,7);1H;/q;;;+1/p-1. The number of rotatable bonds is 4. The summed E-state index contributed by atoms with van der Waals surface area (Å²) in [6.45, 7) is 0.167. The molecule has 0 aromatic heterocycles. The molecule has 0 aliphatic rings. The van der Waals surface area contributed by atoms with Gasteiger partial charge in [-0.05, 0) is 0 Å². The number of nitrogens with one attached hydrogen (secondary N) is 2. The quantitative estimate of drug-likeness (QED) is 0.504. The van der Waals surface area contributed by atoms with Crippen LogP contribution in [0.5, 0.6) is 0 Å². The van der Waals surface area contributed by atoms with Crippen molar-refractivity contribution in [2.24, 2.45) is 0 Å². The van der Waals surface area contributed by atoms with E-state index in [1.807, 2.05) is 0 Å². The molecule has 0 saturated heterocycles. The molecule has 0 aromatic carbocycles. The number of hydrogen-bond acceptors (Lipinski definition) is 4. The van der Waals surface area contributed by atoms with Crippen molar-refractivity contribution in [2.75, 3.05) is 41.3 Å². The van der Waals surface area contributed by atoms with Crippen molar-refractivity contribution >= 4 is 11.9 Å². The van der Waals surface area contributed by atoms with E-state index in [0.29, 0.717) is 0 Å².